The normalized spacial score (nSPS) is 42.2. The Kier molecular flexibility index (Phi) is 6.65. The van der Waals surface area contributed by atoms with Gasteiger partial charge in [0.2, 0.25) is 0 Å². The van der Waals surface area contributed by atoms with E-state index in [1.54, 1.807) is 0 Å². The van der Waals surface area contributed by atoms with Crippen LogP contribution in [0.25, 0.3) is 0 Å². The Labute approximate surface area is 208 Å². The highest BCUT2D eigenvalue weighted by Gasteiger charge is 2.58. The Hall–Kier alpha value is -1.33. The first-order valence-corrected chi connectivity index (χ1v) is 14.5. The van der Waals surface area contributed by atoms with Crippen molar-refractivity contribution in [3.05, 3.63) is 34.9 Å². The topological polar surface area (TPSA) is 44.0 Å². The molecule has 0 aromatic heterocycles. The summed E-state index contributed by atoms with van der Waals surface area (Å²) in [5, 5.41) is 20.4. The van der Waals surface area contributed by atoms with Crippen LogP contribution >= 0.6 is 0 Å². The van der Waals surface area contributed by atoms with Gasteiger partial charge in [-0.25, -0.2) is 0 Å². The van der Waals surface area contributed by atoms with Gasteiger partial charge in [-0.05, 0) is 148 Å². The van der Waals surface area contributed by atoms with Crippen molar-refractivity contribution in [2.24, 2.45) is 46.8 Å². The standard InChI is InChI=1S/C32H47NO/c1-5-14-32(34)16-13-26-25(19-32)8-9-28-27(26)12-15-31(4)29(10-11-30(28)31)22(3)18-24-7-6-23(20-33)17-21(24)2/h6-7,17,22,25-30,34H,5,8-16,18-19H2,1-4H3/t22-,25-,26+,27-,28-,29-,30+,31-,32-/m1/s1. The molecule has 0 amide bonds. The van der Waals surface area contributed by atoms with Crippen LogP contribution in [0.5, 0.6) is 0 Å². The van der Waals surface area contributed by atoms with Crippen molar-refractivity contribution in [2.45, 2.75) is 110 Å². The van der Waals surface area contributed by atoms with E-state index in [2.05, 4.69) is 45.9 Å². The van der Waals surface area contributed by atoms with Gasteiger partial charge in [0.25, 0.3) is 0 Å². The van der Waals surface area contributed by atoms with Crippen LogP contribution < -0.4 is 0 Å². The molecule has 1 N–H and O–H groups in total. The van der Waals surface area contributed by atoms with Gasteiger partial charge in [0.15, 0.2) is 0 Å². The van der Waals surface area contributed by atoms with Crippen LogP contribution in [0, 0.1) is 65.1 Å². The third kappa shape index (κ3) is 4.15. The van der Waals surface area contributed by atoms with Crippen molar-refractivity contribution < 1.29 is 5.11 Å². The maximum absolute atomic E-state index is 11.1. The van der Waals surface area contributed by atoms with Crippen LogP contribution in [0.1, 0.15) is 108 Å². The van der Waals surface area contributed by atoms with Gasteiger partial charge >= 0.3 is 0 Å². The lowest BCUT2D eigenvalue weighted by atomic mass is 9.48. The van der Waals surface area contributed by atoms with Crippen LogP contribution in [0.15, 0.2) is 18.2 Å². The second-order valence-electron chi connectivity index (χ2n) is 13.3. The summed E-state index contributed by atoms with van der Waals surface area (Å²) in [5.74, 6) is 5.98. The maximum atomic E-state index is 11.1. The second kappa shape index (κ2) is 9.28. The first-order valence-electron chi connectivity index (χ1n) is 14.5. The van der Waals surface area contributed by atoms with Crippen LogP contribution in [-0.4, -0.2) is 10.7 Å². The van der Waals surface area contributed by atoms with Gasteiger partial charge in [-0.2, -0.15) is 5.26 Å². The molecule has 34 heavy (non-hydrogen) atoms. The largest absolute Gasteiger partial charge is 0.390 e. The molecule has 0 bridgehead atoms. The number of rotatable bonds is 5. The third-order valence-electron chi connectivity index (χ3n) is 11.6. The van der Waals surface area contributed by atoms with Crippen LogP contribution in [0.2, 0.25) is 0 Å². The molecule has 0 spiro atoms. The van der Waals surface area contributed by atoms with Crippen LogP contribution in [0.4, 0.5) is 0 Å². The number of nitrogens with zero attached hydrogens (tertiary/aromatic N) is 1. The average Bonchev–Trinajstić information content (AvgIpc) is 3.17. The fourth-order valence-corrected chi connectivity index (χ4v) is 10.1. The summed E-state index contributed by atoms with van der Waals surface area (Å²) in [6, 6.07) is 8.57. The van der Waals surface area contributed by atoms with Crippen molar-refractivity contribution >= 4 is 0 Å². The van der Waals surface area contributed by atoms with Gasteiger partial charge in [0.1, 0.15) is 0 Å². The van der Waals surface area contributed by atoms with Crippen LogP contribution in [0.3, 0.4) is 0 Å². The molecule has 1 aromatic carbocycles. The highest BCUT2D eigenvalue weighted by molar-refractivity contribution is 5.37. The zero-order chi connectivity index (χ0) is 24.1. The Morgan fingerprint density at radius 2 is 1.85 bits per heavy atom. The van der Waals surface area contributed by atoms with Gasteiger partial charge in [-0.1, -0.05) is 33.3 Å². The SMILES string of the molecule is CCC[C@@]1(O)CC[C@H]2[C@H](CC[C@@H]3[C@@H]2CC[C@]2(C)[C@@H]([C@H](C)Cc4ccc(C#N)cc4C)CC[C@@H]32)C1. The summed E-state index contributed by atoms with van der Waals surface area (Å²) in [7, 11) is 0. The van der Waals surface area contributed by atoms with Crippen molar-refractivity contribution in [1.29, 1.82) is 5.26 Å². The highest BCUT2D eigenvalue weighted by Crippen LogP contribution is 2.66. The number of aliphatic hydroxyl groups is 1. The first kappa shape index (κ1) is 24.4. The number of hydrogen-bond donors (Lipinski definition) is 1. The molecule has 186 valence electrons. The first-order chi connectivity index (χ1) is 16.3. The van der Waals surface area contributed by atoms with Gasteiger partial charge < -0.3 is 5.11 Å². The van der Waals surface area contributed by atoms with Gasteiger partial charge in [0.05, 0.1) is 17.2 Å². The number of benzene rings is 1. The fraction of sp³-hybridized carbons (Fsp3) is 0.781. The van der Waals surface area contributed by atoms with E-state index in [0.29, 0.717) is 11.3 Å². The molecule has 5 rings (SSSR count). The van der Waals surface area contributed by atoms with Crippen molar-refractivity contribution in [1.82, 2.24) is 0 Å². The van der Waals surface area contributed by atoms with E-state index < -0.39 is 0 Å². The zero-order valence-electron chi connectivity index (χ0n) is 22.2. The number of fused-ring (bicyclic) bond motifs is 5. The van der Waals surface area contributed by atoms with Crippen molar-refractivity contribution in [3.8, 4) is 6.07 Å². The van der Waals surface area contributed by atoms with Gasteiger partial charge in [-0.3, -0.25) is 0 Å². The minimum Gasteiger partial charge on any atom is -0.390 e. The van der Waals surface area contributed by atoms with Crippen molar-refractivity contribution in [3.63, 3.8) is 0 Å². The lowest BCUT2D eigenvalue weighted by Gasteiger charge is -2.57. The molecule has 0 aliphatic heterocycles. The summed E-state index contributed by atoms with van der Waals surface area (Å²) in [5.41, 5.74) is 3.66. The van der Waals surface area contributed by atoms with E-state index in [-0.39, 0.29) is 5.60 Å². The van der Waals surface area contributed by atoms with Crippen molar-refractivity contribution in [2.75, 3.05) is 0 Å². The molecule has 9 atom stereocenters. The predicted molar refractivity (Wildman–Crippen MR) is 139 cm³/mol. The Balaban J connectivity index is 1.28. The predicted octanol–water partition coefficient (Wildman–Crippen LogP) is 7.85. The Morgan fingerprint density at radius 1 is 1.06 bits per heavy atom. The molecular weight excluding hydrogens is 414 g/mol. The molecule has 4 fully saturated rings. The quantitative estimate of drug-likeness (QED) is 0.485. The molecule has 2 heteroatoms. The fourth-order valence-electron chi connectivity index (χ4n) is 10.1. The van der Waals surface area contributed by atoms with E-state index in [9.17, 15) is 10.4 Å². The second-order valence-corrected chi connectivity index (χ2v) is 13.3. The molecule has 4 aliphatic rings. The van der Waals surface area contributed by atoms with E-state index in [1.807, 2.05) is 6.07 Å². The summed E-state index contributed by atoms with van der Waals surface area (Å²) < 4.78 is 0. The molecule has 0 saturated heterocycles. The molecule has 0 unspecified atom stereocenters. The summed E-state index contributed by atoms with van der Waals surface area (Å²) >= 11 is 0. The lowest BCUT2D eigenvalue weighted by molar-refractivity contribution is -0.110. The summed E-state index contributed by atoms with van der Waals surface area (Å²) in [6.07, 6.45) is 15.2. The molecule has 4 saturated carbocycles. The molecule has 0 heterocycles. The van der Waals surface area contributed by atoms with E-state index >= 15 is 0 Å². The number of hydrogen-bond acceptors (Lipinski definition) is 2. The van der Waals surface area contributed by atoms with Gasteiger partial charge in [0, 0.05) is 0 Å². The Bertz CT molecular complexity index is 931. The van der Waals surface area contributed by atoms with Gasteiger partial charge in [-0.15, -0.1) is 0 Å². The maximum Gasteiger partial charge on any atom is 0.0991 e. The summed E-state index contributed by atoms with van der Waals surface area (Å²) in [6.45, 7) is 9.58. The van der Waals surface area contributed by atoms with E-state index in [4.69, 9.17) is 0 Å². The minimum atomic E-state index is -0.358. The summed E-state index contributed by atoms with van der Waals surface area (Å²) in [4.78, 5) is 0. The highest BCUT2D eigenvalue weighted by atomic mass is 16.3. The number of nitriles is 1. The minimum absolute atomic E-state index is 0.358. The smallest absolute Gasteiger partial charge is 0.0991 e. The molecule has 2 nitrogen and oxygen atoms in total. The lowest BCUT2D eigenvalue weighted by Crippen LogP contribution is -2.51. The zero-order valence-corrected chi connectivity index (χ0v) is 22.2. The van der Waals surface area contributed by atoms with E-state index in [1.165, 1.54) is 56.1 Å². The monoisotopic (exact) mass is 461 g/mol. The van der Waals surface area contributed by atoms with Crippen LogP contribution in [-0.2, 0) is 6.42 Å². The third-order valence-corrected chi connectivity index (χ3v) is 11.6. The average molecular weight is 462 g/mol. The van der Waals surface area contributed by atoms with E-state index in [0.717, 1.165) is 73.2 Å². The molecular formula is C32H47NO. The molecule has 4 aliphatic carbocycles. The Morgan fingerprint density at radius 3 is 2.59 bits per heavy atom. The molecule has 0 radical (unpaired) electrons. The molecule has 1 aromatic rings. The number of aryl methyl sites for hydroxylation is 1.